The molecule has 1 aliphatic rings. The Hall–Kier alpha value is -2.06. The largest absolute Gasteiger partial charge is 0.416 e. The van der Waals surface area contributed by atoms with Crippen molar-refractivity contribution in [3.05, 3.63) is 58.9 Å². The molecule has 2 aromatic carbocycles. The number of rotatable bonds is 4. The van der Waals surface area contributed by atoms with Crippen LogP contribution in [-0.2, 0) is 23.9 Å². The van der Waals surface area contributed by atoms with Crippen LogP contribution in [0.25, 0.3) is 0 Å². The van der Waals surface area contributed by atoms with E-state index in [1.165, 1.54) is 18.2 Å². The molecule has 1 aliphatic heterocycles. The SMILES string of the molecule is O=C(CSc1cccc(C(F)(F)F)c1)Nc1ccc2c(c1F)CCNC2. The summed E-state index contributed by atoms with van der Waals surface area (Å²) in [6, 6.07) is 8.03. The molecule has 138 valence electrons. The lowest BCUT2D eigenvalue weighted by Crippen LogP contribution is -2.25. The molecule has 2 N–H and O–H groups in total. The number of nitrogens with one attached hydrogen (secondary N) is 2. The molecule has 3 rings (SSSR count). The molecule has 0 bridgehead atoms. The van der Waals surface area contributed by atoms with Gasteiger partial charge in [0.25, 0.3) is 0 Å². The number of thioether (sulfide) groups is 1. The Balaban J connectivity index is 1.63. The van der Waals surface area contributed by atoms with Crippen LogP contribution in [0.3, 0.4) is 0 Å². The zero-order valence-corrected chi connectivity index (χ0v) is 14.4. The van der Waals surface area contributed by atoms with E-state index in [2.05, 4.69) is 10.6 Å². The van der Waals surface area contributed by atoms with Crippen LogP contribution in [0, 0.1) is 5.82 Å². The molecule has 0 aliphatic carbocycles. The predicted octanol–water partition coefficient (Wildman–Crippen LogP) is 4.22. The minimum absolute atomic E-state index is 0.0975. The lowest BCUT2D eigenvalue weighted by molar-refractivity contribution is -0.137. The first kappa shape index (κ1) is 18.7. The van der Waals surface area contributed by atoms with Crippen LogP contribution in [0.15, 0.2) is 41.3 Å². The van der Waals surface area contributed by atoms with Crippen LogP contribution in [-0.4, -0.2) is 18.2 Å². The Morgan fingerprint density at radius 3 is 2.81 bits per heavy atom. The second-order valence-electron chi connectivity index (χ2n) is 5.85. The topological polar surface area (TPSA) is 41.1 Å². The van der Waals surface area contributed by atoms with E-state index in [4.69, 9.17) is 0 Å². The molecular weight excluding hydrogens is 368 g/mol. The van der Waals surface area contributed by atoms with E-state index in [1.54, 1.807) is 6.07 Å². The quantitative estimate of drug-likeness (QED) is 0.613. The van der Waals surface area contributed by atoms with Gasteiger partial charge in [0.15, 0.2) is 0 Å². The number of halogens is 4. The Morgan fingerprint density at radius 2 is 2.04 bits per heavy atom. The summed E-state index contributed by atoms with van der Waals surface area (Å²) in [6.07, 6.45) is -3.89. The summed E-state index contributed by atoms with van der Waals surface area (Å²) in [5.41, 5.74) is 0.787. The fourth-order valence-corrected chi connectivity index (χ4v) is 3.48. The second kappa shape index (κ2) is 7.67. The number of hydrogen-bond acceptors (Lipinski definition) is 3. The van der Waals surface area contributed by atoms with Crippen LogP contribution < -0.4 is 10.6 Å². The van der Waals surface area contributed by atoms with Crippen molar-refractivity contribution in [2.45, 2.75) is 24.0 Å². The highest BCUT2D eigenvalue weighted by atomic mass is 32.2. The highest BCUT2D eigenvalue weighted by Gasteiger charge is 2.30. The first-order chi connectivity index (χ1) is 12.3. The number of alkyl halides is 3. The summed E-state index contributed by atoms with van der Waals surface area (Å²) < 4.78 is 52.6. The van der Waals surface area contributed by atoms with Gasteiger partial charge in [-0.25, -0.2) is 4.39 Å². The molecule has 0 radical (unpaired) electrons. The van der Waals surface area contributed by atoms with Gasteiger partial charge in [0.05, 0.1) is 17.0 Å². The summed E-state index contributed by atoms with van der Waals surface area (Å²) in [5, 5.41) is 5.64. The molecule has 0 spiro atoms. The number of benzene rings is 2. The van der Waals surface area contributed by atoms with Gasteiger partial charge in [-0.3, -0.25) is 4.79 Å². The smallest absolute Gasteiger partial charge is 0.323 e. The number of fused-ring (bicyclic) bond motifs is 1. The standard InChI is InChI=1S/C18H16F4N2OS/c19-17-14-6-7-23-9-11(14)4-5-15(17)24-16(25)10-26-13-3-1-2-12(8-13)18(20,21)22/h1-5,8,23H,6-7,9-10H2,(H,24,25). The maximum atomic E-state index is 14.5. The number of carbonyl (C=O) groups excluding carboxylic acids is 1. The Kier molecular flexibility index (Phi) is 5.52. The average Bonchev–Trinajstić information content (AvgIpc) is 2.62. The van der Waals surface area contributed by atoms with Gasteiger partial charge in [0.1, 0.15) is 5.82 Å². The normalized spacial score (nSPS) is 14.0. The van der Waals surface area contributed by atoms with Gasteiger partial charge in [-0.1, -0.05) is 12.1 Å². The van der Waals surface area contributed by atoms with E-state index in [-0.39, 0.29) is 11.4 Å². The van der Waals surface area contributed by atoms with Gasteiger partial charge >= 0.3 is 6.18 Å². The van der Waals surface area contributed by atoms with Crippen molar-refractivity contribution in [3.8, 4) is 0 Å². The molecule has 26 heavy (non-hydrogen) atoms. The fourth-order valence-electron chi connectivity index (χ4n) is 2.73. The van der Waals surface area contributed by atoms with Crippen molar-refractivity contribution in [1.82, 2.24) is 5.32 Å². The zero-order chi connectivity index (χ0) is 18.7. The molecule has 8 heteroatoms. The van der Waals surface area contributed by atoms with E-state index in [9.17, 15) is 22.4 Å². The van der Waals surface area contributed by atoms with Crippen LogP contribution in [0.2, 0.25) is 0 Å². The van der Waals surface area contributed by atoms with E-state index in [1.807, 2.05) is 0 Å². The van der Waals surface area contributed by atoms with Gasteiger partial charge in [-0.15, -0.1) is 11.8 Å². The third kappa shape index (κ3) is 4.37. The van der Waals surface area contributed by atoms with Gasteiger partial charge in [-0.05, 0) is 48.4 Å². The van der Waals surface area contributed by atoms with Gasteiger partial charge in [-0.2, -0.15) is 13.2 Å². The van der Waals surface area contributed by atoms with Crippen molar-refractivity contribution in [2.75, 3.05) is 17.6 Å². The zero-order valence-electron chi connectivity index (χ0n) is 13.6. The van der Waals surface area contributed by atoms with Gasteiger partial charge in [0.2, 0.25) is 5.91 Å². The highest BCUT2D eigenvalue weighted by molar-refractivity contribution is 8.00. The number of anilines is 1. The van der Waals surface area contributed by atoms with E-state index >= 15 is 0 Å². The molecule has 0 saturated heterocycles. The van der Waals surface area contributed by atoms with Crippen LogP contribution in [0.5, 0.6) is 0 Å². The van der Waals surface area contributed by atoms with Crippen molar-refractivity contribution in [1.29, 1.82) is 0 Å². The number of amides is 1. The first-order valence-electron chi connectivity index (χ1n) is 7.95. The summed E-state index contributed by atoms with van der Waals surface area (Å²) >= 11 is 0.968. The molecule has 1 amide bonds. The van der Waals surface area contributed by atoms with Crippen LogP contribution in [0.4, 0.5) is 23.2 Å². The molecule has 3 nitrogen and oxygen atoms in total. The Bertz CT molecular complexity index is 823. The molecule has 2 aromatic rings. The molecule has 0 unspecified atom stereocenters. The Labute approximate surface area is 152 Å². The monoisotopic (exact) mass is 384 g/mol. The summed E-state index contributed by atoms with van der Waals surface area (Å²) in [4.78, 5) is 12.4. The predicted molar refractivity (Wildman–Crippen MR) is 92.6 cm³/mol. The number of hydrogen-bond donors (Lipinski definition) is 2. The molecule has 0 saturated carbocycles. The average molecular weight is 384 g/mol. The third-order valence-electron chi connectivity index (χ3n) is 4.01. The first-order valence-corrected chi connectivity index (χ1v) is 8.94. The number of carbonyl (C=O) groups is 1. The van der Waals surface area contributed by atoms with E-state index in [0.717, 1.165) is 29.5 Å². The molecule has 1 heterocycles. The maximum absolute atomic E-state index is 14.5. The van der Waals surface area contributed by atoms with Gasteiger partial charge < -0.3 is 10.6 Å². The minimum Gasteiger partial charge on any atom is -0.323 e. The van der Waals surface area contributed by atoms with E-state index in [0.29, 0.717) is 30.0 Å². The van der Waals surface area contributed by atoms with Crippen molar-refractivity contribution >= 4 is 23.4 Å². The second-order valence-corrected chi connectivity index (χ2v) is 6.90. The van der Waals surface area contributed by atoms with Crippen molar-refractivity contribution < 1.29 is 22.4 Å². The third-order valence-corrected chi connectivity index (χ3v) is 5.01. The lowest BCUT2D eigenvalue weighted by Gasteiger charge is -2.19. The molecular formula is C18H16F4N2OS. The minimum atomic E-state index is -4.43. The summed E-state index contributed by atoms with van der Waals surface area (Å²) in [5.74, 6) is -1.03. The van der Waals surface area contributed by atoms with Gasteiger partial charge in [0, 0.05) is 11.4 Å². The fraction of sp³-hybridized carbons (Fsp3) is 0.278. The van der Waals surface area contributed by atoms with Crippen LogP contribution >= 0.6 is 11.8 Å². The Morgan fingerprint density at radius 1 is 1.23 bits per heavy atom. The summed E-state index contributed by atoms with van der Waals surface area (Å²) in [7, 11) is 0. The molecule has 0 aromatic heterocycles. The highest BCUT2D eigenvalue weighted by Crippen LogP contribution is 2.32. The van der Waals surface area contributed by atoms with Crippen molar-refractivity contribution in [3.63, 3.8) is 0 Å². The summed E-state index contributed by atoms with van der Waals surface area (Å²) in [6.45, 7) is 1.26. The van der Waals surface area contributed by atoms with Crippen molar-refractivity contribution in [2.24, 2.45) is 0 Å². The van der Waals surface area contributed by atoms with E-state index < -0.39 is 23.5 Å². The molecule has 0 atom stereocenters. The molecule has 0 fully saturated rings. The van der Waals surface area contributed by atoms with Crippen LogP contribution in [0.1, 0.15) is 16.7 Å². The maximum Gasteiger partial charge on any atom is 0.416 e. The lowest BCUT2D eigenvalue weighted by atomic mass is 9.99.